The standard InChI is InChI=1S/C21H20ClNO5/c1-12-4-6-16-14(11-27-19(16)8-12)9-20(24)28-13(2)21(25)23-15-5-7-18(26-3)17(22)10-15/h4-8,10-11,13H,9H2,1-3H3,(H,23,25)/t13-/m1/s1. The maximum Gasteiger partial charge on any atom is 0.311 e. The number of halogens is 1. The molecule has 1 N–H and O–H groups in total. The Morgan fingerprint density at radius 2 is 2.00 bits per heavy atom. The maximum atomic E-state index is 12.3. The van der Waals surface area contributed by atoms with Crippen LogP contribution in [0.25, 0.3) is 11.0 Å². The fourth-order valence-electron chi connectivity index (χ4n) is 2.76. The van der Waals surface area contributed by atoms with Gasteiger partial charge in [0.15, 0.2) is 6.10 Å². The summed E-state index contributed by atoms with van der Waals surface area (Å²) in [7, 11) is 1.51. The number of carbonyl (C=O) groups is 2. The Balaban J connectivity index is 1.60. The monoisotopic (exact) mass is 401 g/mol. The number of benzene rings is 2. The van der Waals surface area contributed by atoms with Crippen molar-refractivity contribution in [2.75, 3.05) is 12.4 Å². The lowest BCUT2D eigenvalue weighted by atomic mass is 10.1. The highest BCUT2D eigenvalue weighted by Crippen LogP contribution is 2.27. The molecule has 1 aromatic heterocycles. The molecule has 1 heterocycles. The zero-order valence-electron chi connectivity index (χ0n) is 15.7. The second-order valence-corrected chi connectivity index (χ2v) is 6.82. The first-order chi connectivity index (χ1) is 13.4. The van der Waals surface area contributed by atoms with Gasteiger partial charge in [0.05, 0.1) is 24.8 Å². The van der Waals surface area contributed by atoms with Crippen molar-refractivity contribution in [1.82, 2.24) is 0 Å². The third-order valence-corrected chi connectivity index (χ3v) is 4.54. The maximum absolute atomic E-state index is 12.3. The second kappa shape index (κ2) is 8.35. The first-order valence-corrected chi connectivity index (χ1v) is 9.06. The molecule has 28 heavy (non-hydrogen) atoms. The molecule has 3 aromatic rings. The molecule has 0 unspecified atom stereocenters. The van der Waals surface area contributed by atoms with Crippen molar-refractivity contribution >= 4 is 40.1 Å². The minimum atomic E-state index is -0.964. The molecule has 3 rings (SSSR count). The molecule has 0 aliphatic carbocycles. The average molecular weight is 402 g/mol. The van der Waals surface area contributed by atoms with Gasteiger partial charge in [-0.15, -0.1) is 0 Å². The van der Waals surface area contributed by atoms with Gasteiger partial charge in [-0.05, 0) is 43.7 Å². The second-order valence-electron chi connectivity index (χ2n) is 6.41. The number of ether oxygens (including phenoxy) is 2. The number of nitrogens with one attached hydrogen (secondary N) is 1. The lowest BCUT2D eigenvalue weighted by Gasteiger charge is -2.14. The van der Waals surface area contributed by atoms with Crippen molar-refractivity contribution in [3.8, 4) is 5.75 Å². The predicted octanol–water partition coefficient (Wildman–Crippen LogP) is 4.52. The number of aryl methyl sites for hydroxylation is 1. The van der Waals surface area contributed by atoms with Crippen LogP contribution in [-0.4, -0.2) is 25.1 Å². The molecule has 0 saturated heterocycles. The van der Waals surface area contributed by atoms with Crippen LogP contribution in [0, 0.1) is 6.92 Å². The van der Waals surface area contributed by atoms with Crippen LogP contribution in [0.2, 0.25) is 5.02 Å². The van der Waals surface area contributed by atoms with Crippen LogP contribution in [0.5, 0.6) is 5.75 Å². The Kier molecular flexibility index (Phi) is 5.90. The fraction of sp³-hybridized carbons (Fsp3) is 0.238. The van der Waals surface area contributed by atoms with Gasteiger partial charge in [-0.1, -0.05) is 23.7 Å². The summed E-state index contributed by atoms with van der Waals surface area (Å²) in [6.45, 7) is 3.47. The summed E-state index contributed by atoms with van der Waals surface area (Å²) in [6, 6.07) is 10.6. The molecule has 7 heteroatoms. The molecule has 6 nitrogen and oxygen atoms in total. The van der Waals surface area contributed by atoms with Crippen LogP contribution in [0.3, 0.4) is 0 Å². The number of carbonyl (C=O) groups excluding carboxylic acids is 2. The summed E-state index contributed by atoms with van der Waals surface area (Å²) in [4.78, 5) is 24.5. The van der Waals surface area contributed by atoms with E-state index in [9.17, 15) is 9.59 Å². The first kappa shape index (κ1) is 19.8. The van der Waals surface area contributed by atoms with Gasteiger partial charge in [0.1, 0.15) is 11.3 Å². The number of hydrogen-bond donors (Lipinski definition) is 1. The highest BCUT2D eigenvalue weighted by atomic mass is 35.5. The Hall–Kier alpha value is -2.99. The molecule has 146 valence electrons. The SMILES string of the molecule is COc1ccc(NC(=O)[C@@H](C)OC(=O)Cc2coc3cc(C)ccc23)cc1Cl. The van der Waals surface area contributed by atoms with Gasteiger partial charge >= 0.3 is 5.97 Å². The van der Waals surface area contributed by atoms with E-state index < -0.39 is 18.0 Å². The number of fused-ring (bicyclic) bond motifs is 1. The third kappa shape index (κ3) is 4.46. The van der Waals surface area contributed by atoms with Crippen molar-refractivity contribution in [3.05, 3.63) is 58.8 Å². The Morgan fingerprint density at radius 1 is 1.21 bits per heavy atom. The molecule has 0 saturated carbocycles. The summed E-state index contributed by atoms with van der Waals surface area (Å²) in [6.07, 6.45) is 0.589. The molecule has 0 fully saturated rings. The molecule has 0 bridgehead atoms. The fourth-order valence-corrected chi connectivity index (χ4v) is 3.02. The van der Waals surface area contributed by atoms with Gasteiger partial charge in [0, 0.05) is 16.6 Å². The Bertz CT molecular complexity index is 1030. The van der Waals surface area contributed by atoms with Gasteiger partial charge in [-0.25, -0.2) is 0 Å². The molecule has 1 amide bonds. The molecule has 0 aliphatic heterocycles. The number of esters is 1. The number of anilines is 1. The number of methoxy groups -OCH3 is 1. The van der Waals surface area contributed by atoms with Crippen molar-refractivity contribution in [2.45, 2.75) is 26.4 Å². The van der Waals surface area contributed by atoms with E-state index >= 15 is 0 Å². The van der Waals surface area contributed by atoms with Crippen LogP contribution in [0.15, 0.2) is 47.1 Å². The topological polar surface area (TPSA) is 77.8 Å². The van der Waals surface area contributed by atoms with Crippen LogP contribution < -0.4 is 10.1 Å². The van der Waals surface area contributed by atoms with Gasteiger partial charge in [0.2, 0.25) is 0 Å². The van der Waals surface area contributed by atoms with Crippen molar-refractivity contribution in [1.29, 1.82) is 0 Å². The van der Waals surface area contributed by atoms with Crippen molar-refractivity contribution in [2.24, 2.45) is 0 Å². The normalized spacial score (nSPS) is 11.9. The third-order valence-electron chi connectivity index (χ3n) is 4.24. The molecule has 0 spiro atoms. The van der Waals surface area contributed by atoms with Gasteiger partial charge < -0.3 is 19.2 Å². The first-order valence-electron chi connectivity index (χ1n) is 8.68. The number of amides is 1. The molecular formula is C21H20ClNO5. The van der Waals surface area contributed by atoms with E-state index in [-0.39, 0.29) is 6.42 Å². The summed E-state index contributed by atoms with van der Waals surface area (Å²) >= 11 is 6.04. The lowest BCUT2D eigenvalue weighted by molar-refractivity contribution is -0.152. The van der Waals surface area contributed by atoms with Crippen LogP contribution in [0.4, 0.5) is 5.69 Å². The summed E-state index contributed by atoms with van der Waals surface area (Å²) in [5.41, 5.74) is 2.98. The lowest BCUT2D eigenvalue weighted by Crippen LogP contribution is -2.30. The van der Waals surface area contributed by atoms with E-state index in [0.29, 0.717) is 22.0 Å². The number of furan rings is 1. The van der Waals surface area contributed by atoms with E-state index in [4.69, 9.17) is 25.5 Å². The Labute approximate surface area is 167 Å². The predicted molar refractivity (Wildman–Crippen MR) is 107 cm³/mol. The summed E-state index contributed by atoms with van der Waals surface area (Å²) in [5.74, 6) is -0.470. The summed E-state index contributed by atoms with van der Waals surface area (Å²) in [5, 5.41) is 3.88. The molecule has 0 aliphatic rings. The Morgan fingerprint density at radius 3 is 2.71 bits per heavy atom. The molecular weight excluding hydrogens is 382 g/mol. The van der Waals surface area contributed by atoms with Crippen molar-refractivity contribution in [3.63, 3.8) is 0 Å². The van der Waals surface area contributed by atoms with E-state index in [1.807, 2.05) is 25.1 Å². The van der Waals surface area contributed by atoms with E-state index in [0.717, 1.165) is 16.5 Å². The van der Waals surface area contributed by atoms with E-state index in [2.05, 4.69) is 5.32 Å². The number of hydrogen-bond acceptors (Lipinski definition) is 5. The zero-order valence-corrected chi connectivity index (χ0v) is 16.5. The number of rotatable bonds is 6. The van der Waals surface area contributed by atoms with E-state index in [1.54, 1.807) is 18.2 Å². The minimum absolute atomic E-state index is 0.0159. The minimum Gasteiger partial charge on any atom is -0.495 e. The molecule has 2 aromatic carbocycles. The summed E-state index contributed by atoms with van der Waals surface area (Å²) < 4.78 is 15.8. The van der Waals surface area contributed by atoms with Crippen molar-refractivity contribution < 1.29 is 23.5 Å². The largest absolute Gasteiger partial charge is 0.495 e. The van der Waals surface area contributed by atoms with Crippen LogP contribution >= 0.6 is 11.6 Å². The average Bonchev–Trinajstić information content (AvgIpc) is 3.03. The van der Waals surface area contributed by atoms with Crippen LogP contribution in [-0.2, 0) is 20.7 Å². The quantitative estimate of drug-likeness (QED) is 0.614. The van der Waals surface area contributed by atoms with Gasteiger partial charge in [-0.2, -0.15) is 0 Å². The zero-order chi connectivity index (χ0) is 20.3. The highest BCUT2D eigenvalue weighted by molar-refractivity contribution is 6.32. The smallest absolute Gasteiger partial charge is 0.311 e. The van der Waals surface area contributed by atoms with E-state index in [1.165, 1.54) is 20.3 Å². The van der Waals surface area contributed by atoms with Crippen LogP contribution in [0.1, 0.15) is 18.1 Å². The van der Waals surface area contributed by atoms with Gasteiger partial charge in [0.25, 0.3) is 5.91 Å². The molecule has 1 atom stereocenters. The molecule has 0 radical (unpaired) electrons. The highest BCUT2D eigenvalue weighted by Gasteiger charge is 2.20. The van der Waals surface area contributed by atoms with Gasteiger partial charge in [-0.3, -0.25) is 9.59 Å².